The summed E-state index contributed by atoms with van der Waals surface area (Å²) >= 11 is 0. The second kappa shape index (κ2) is 10.1. The fraction of sp³-hybridized carbons (Fsp3) is 0.667. The third-order valence-electron chi connectivity index (χ3n) is 5.14. The molecule has 29 heavy (non-hydrogen) atoms. The maximum Gasteiger partial charge on any atom is 0.253 e. The molecule has 1 aliphatic rings. The van der Waals surface area contributed by atoms with Crippen molar-refractivity contribution in [2.75, 3.05) is 29.9 Å². The molecular formula is C24H39N3O2. The van der Waals surface area contributed by atoms with Crippen molar-refractivity contribution < 1.29 is 9.59 Å². The highest BCUT2D eigenvalue weighted by Crippen LogP contribution is 2.29. The summed E-state index contributed by atoms with van der Waals surface area (Å²) in [6.45, 7) is 15.4. The maximum absolute atomic E-state index is 12.8. The normalized spacial score (nSPS) is 15.5. The number of benzene rings is 1. The number of amides is 2. The molecule has 1 aromatic carbocycles. The van der Waals surface area contributed by atoms with Crippen molar-refractivity contribution in [3.8, 4) is 0 Å². The number of hydrogen-bond acceptors (Lipinski definition) is 3. The Morgan fingerprint density at radius 1 is 1.10 bits per heavy atom. The van der Waals surface area contributed by atoms with Crippen molar-refractivity contribution in [1.29, 1.82) is 0 Å². The van der Waals surface area contributed by atoms with E-state index < -0.39 is 0 Å². The Kier molecular flexibility index (Phi) is 8.12. The van der Waals surface area contributed by atoms with Gasteiger partial charge in [-0.15, -0.1) is 0 Å². The molecule has 1 aliphatic heterocycles. The van der Waals surface area contributed by atoms with Crippen LogP contribution in [0.1, 0.15) is 77.6 Å². The monoisotopic (exact) mass is 401 g/mol. The molecule has 2 rings (SSSR count). The first kappa shape index (κ1) is 23.2. The van der Waals surface area contributed by atoms with Crippen molar-refractivity contribution >= 4 is 23.2 Å². The summed E-state index contributed by atoms with van der Waals surface area (Å²) in [5, 5.41) is 6.02. The van der Waals surface area contributed by atoms with E-state index in [4.69, 9.17) is 0 Å². The van der Waals surface area contributed by atoms with E-state index in [-0.39, 0.29) is 17.2 Å². The van der Waals surface area contributed by atoms with Crippen LogP contribution in [-0.4, -0.2) is 31.4 Å². The number of nitrogens with zero attached hydrogens (tertiary/aromatic N) is 1. The molecule has 0 spiro atoms. The fourth-order valence-electron chi connectivity index (χ4n) is 4.07. The minimum atomic E-state index is -0.0715. The zero-order valence-corrected chi connectivity index (χ0v) is 19.1. The van der Waals surface area contributed by atoms with Gasteiger partial charge in [0.2, 0.25) is 5.91 Å². The molecule has 1 aromatic rings. The molecule has 0 unspecified atom stereocenters. The van der Waals surface area contributed by atoms with E-state index in [1.807, 2.05) is 18.2 Å². The van der Waals surface area contributed by atoms with Crippen molar-refractivity contribution in [3.63, 3.8) is 0 Å². The summed E-state index contributed by atoms with van der Waals surface area (Å²) in [6, 6.07) is 5.72. The van der Waals surface area contributed by atoms with E-state index in [0.29, 0.717) is 36.1 Å². The van der Waals surface area contributed by atoms with E-state index >= 15 is 0 Å². The maximum atomic E-state index is 12.8. The van der Waals surface area contributed by atoms with Gasteiger partial charge in [-0.3, -0.25) is 9.59 Å². The van der Waals surface area contributed by atoms with Crippen LogP contribution in [0.15, 0.2) is 18.2 Å². The number of nitrogens with one attached hydrogen (secondary N) is 2. The van der Waals surface area contributed by atoms with Crippen LogP contribution in [0.5, 0.6) is 0 Å². The summed E-state index contributed by atoms with van der Waals surface area (Å²) in [4.78, 5) is 27.6. The molecule has 5 heteroatoms. The van der Waals surface area contributed by atoms with E-state index in [2.05, 4.69) is 57.1 Å². The standard InChI is InChI=1S/C24H39N3O2/c1-17(2)16-25-23(29)20-14-19(9-10-21(20)27-11-7-8-12-27)26-22(28)13-18(3)15-24(4,5)6/h9-10,14,17-18H,7-8,11-13,15-16H2,1-6H3,(H,25,29)(H,26,28)/t18-/m1/s1. The highest BCUT2D eigenvalue weighted by molar-refractivity contribution is 6.02. The fourth-order valence-corrected chi connectivity index (χ4v) is 4.07. The molecule has 2 amide bonds. The third kappa shape index (κ3) is 7.71. The number of hydrogen-bond donors (Lipinski definition) is 2. The van der Waals surface area contributed by atoms with E-state index in [0.717, 1.165) is 38.0 Å². The van der Waals surface area contributed by atoms with Crippen molar-refractivity contribution in [1.82, 2.24) is 5.32 Å². The predicted molar refractivity (Wildman–Crippen MR) is 122 cm³/mol. The lowest BCUT2D eigenvalue weighted by Gasteiger charge is -2.23. The number of rotatable bonds is 8. The first-order valence-electron chi connectivity index (χ1n) is 11.0. The summed E-state index contributed by atoms with van der Waals surface area (Å²) in [5.74, 6) is 0.635. The highest BCUT2D eigenvalue weighted by atomic mass is 16.2. The Labute approximate surface area is 176 Å². The van der Waals surface area contributed by atoms with Gasteiger partial charge in [-0.2, -0.15) is 0 Å². The summed E-state index contributed by atoms with van der Waals surface area (Å²) < 4.78 is 0. The van der Waals surface area contributed by atoms with Gasteiger partial charge in [0.1, 0.15) is 0 Å². The topological polar surface area (TPSA) is 61.4 Å². The van der Waals surface area contributed by atoms with E-state index in [1.165, 1.54) is 0 Å². The largest absolute Gasteiger partial charge is 0.371 e. The molecule has 162 valence electrons. The average Bonchev–Trinajstić information content (AvgIpc) is 3.12. The molecule has 1 saturated heterocycles. The Bertz CT molecular complexity index is 701. The second-order valence-electron chi connectivity index (χ2n) is 10.2. The van der Waals surface area contributed by atoms with Crippen LogP contribution in [0.2, 0.25) is 0 Å². The predicted octanol–water partition coefficient (Wildman–Crippen LogP) is 5.07. The van der Waals surface area contributed by atoms with Gasteiger partial charge < -0.3 is 15.5 Å². The second-order valence-corrected chi connectivity index (χ2v) is 10.2. The van der Waals surface area contributed by atoms with Gasteiger partial charge >= 0.3 is 0 Å². The van der Waals surface area contributed by atoms with Crippen LogP contribution in [-0.2, 0) is 4.79 Å². The Morgan fingerprint density at radius 3 is 2.34 bits per heavy atom. The van der Waals surface area contributed by atoms with Crippen LogP contribution in [0.25, 0.3) is 0 Å². The third-order valence-corrected chi connectivity index (χ3v) is 5.14. The summed E-state index contributed by atoms with van der Waals surface area (Å²) in [6.07, 6.45) is 3.78. The minimum absolute atomic E-state index is 0.00390. The zero-order valence-electron chi connectivity index (χ0n) is 19.1. The van der Waals surface area contributed by atoms with Gasteiger partial charge in [0.15, 0.2) is 0 Å². The Morgan fingerprint density at radius 2 is 1.76 bits per heavy atom. The van der Waals surface area contributed by atoms with Crippen LogP contribution in [0.3, 0.4) is 0 Å². The quantitative estimate of drug-likeness (QED) is 0.639. The van der Waals surface area contributed by atoms with Gasteiger partial charge in [0.25, 0.3) is 5.91 Å². The minimum Gasteiger partial charge on any atom is -0.371 e. The molecule has 0 aliphatic carbocycles. The van der Waals surface area contributed by atoms with Gasteiger partial charge in [-0.05, 0) is 54.7 Å². The lowest BCUT2D eigenvalue weighted by molar-refractivity contribution is -0.117. The van der Waals surface area contributed by atoms with Crippen LogP contribution in [0, 0.1) is 17.3 Å². The highest BCUT2D eigenvalue weighted by Gasteiger charge is 2.21. The number of anilines is 2. The SMILES string of the molecule is CC(C)CNC(=O)c1cc(NC(=O)C[C@@H](C)CC(C)(C)C)ccc1N1CCCC1. The summed E-state index contributed by atoms with van der Waals surface area (Å²) in [5.41, 5.74) is 2.50. The van der Waals surface area contributed by atoms with Crippen LogP contribution < -0.4 is 15.5 Å². The van der Waals surface area contributed by atoms with Crippen molar-refractivity contribution in [3.05, 3.63) is 23.8 Å². The smallest absolute Gasteiger partial charge is 0.253 e. The molecule has 1 fully saturated rings. The van der Waals surface area contributed by atoms with Crippen molar-refractivity contribution in [2.45, 2.75) is 67.2 Å². The molecule has 0 bridgehead atoms. The molecule has 1 heterocycles. The molecule has 2 N–H and O–H groups in total. The molecule has 0 saturated carbocycles. The molecule has 1 atom stereocenters. The van der Waals surface area contributed by atoms with E-state index in [9.17, 15) is 9.59 Å². The Balaban J connectivity index is 2.13. The molecular weight excluding hydrogens is 362 g/mol. The first-order valence-corrected chi connectivity index (χ1v) is 11.0. The molecule has 0 aromatic heterocycles. The lowest BCUT2D eigenvalue weighted by atomic mass is 9.84. The van der Waals surface area contributed by atoms with E-state index in [1.54, 1.807) is 0 Å². The van der Waals surface area contributed by atoms with Crippen LogP contribution >= 0.6 is 0 Å². The number of carbonyl (C=O) groups excluding carboxylic acids is 2. The van der Waals surface area contributed by atoms with Gasteiger partial charge in [-0.1, -0.05) is 41.5 Å². The molecule has 0 radical (unpaired) electrons. The number of carbonyl (C=O) groups is 2. The van der Waals surface area contributed by atoms with Crippen molar-refractivity contribution in [2.24, 2.45) is 17.3 Å². The lowest BCUT2D eigenvalue weighted by Crippen LogP contribution is -2.30. The van der Waals surface area contributed by atoms with Crippen LogP contribution in [0.4, 0.5) is 11.4 Å². The van der Waals surface area contributed by atoms with Gasteiger partial charge in [-0.25, -0.2) is 0 Å². The molecule has 5 nitrogen and oxygen atoms in total. The average molecular weight is 402 g/mol. The summed E-state index contributed by atoms with van der Waals surface area (Å²) in [7, 11) is 0. The van der Waals surface area contributed by atoms with Gasteiger partial charge in [0, 0.05) is 37.4 Å². The first-order chi connectivity index (χ1) is 13.5. The zero-order chi connectivity index (χ0) is 21.6. The Hall–Kier alpha value is -2.04. The van der Waals surface area contributed by atoms with Gasteiger partial charge in [0.05, 0.1) is 5.56 Å².